The maximum atomic E-state index is 5.71. The topological polar surface area (TPSA) is 84.9 Å². The van der Waals surface area contributed by atoms with E-state index >= 15 is 0 Å². The summed E-state index contributed by atoms with van der Waals surface area (Å²) >= 11 is 0. The molecule has 3 aromatic rings. The van der Waals surface area contributed by atoms with Gasteiger partial charge < -0.3 is 5.73 Å². The fourth-order valence-electron chi connectivity index (χ4n) is 1.54. The van der Waals surface area contributed by atoms with Crippen molar-refractivity contribution < 1.29 is 0 Å². The van der Waals surface area contributed by atoms with Crippen LogP contribution in [0.5, 0.6) is 0 Å². The van der Waals surface area contributed by atoms with E-state index in [0.29, 0.717) is 11.5 Å². The van der Waals surface area contributed by atoms with Crippen LogP contribution in [0.4, 0.5) is 5.82 Å². The van der Waals surface area contributed by atoms with E-state index in [0.717, 1.165) is 11.3 Å². The monoisotopic (exact) mass is 230 g/mol. The zero-order chi connectivity index (χ0) is 12.3. The first-order chi connectivity index (χ1) is 8.36. The standard InChI is InChI=1S/C9H8N6.C2H6/c10-8-9-12-5-7(6-3-13-14-4-6)15(9)2-1-11-8;1-2/h1-5H,(H2,10,11)(H,13,14);1-2H3. The fourth-order valence-corrected chi connectivity index (χ4v) is 1.54. The van der Waals surface area contributed by atoms with E-state index in [9.17, 15) is 0 Å². The SMILES string of the molecule is CC.Nc1nccn2c(-c3cn[nH]c3)cnc12. The van der Waals surface area contributed by atoms with Gasteiger partial charge in [-0.15, -0.1) is 0 Å². The second-order valence-electron chi connectivity index (χ2n) is 3.14. The lowest BCUT2D eigenvalue weighted by atomic mass is 10.3. The quantitative estimate of drug-likeness (QED) is 0.666. The summed E-state index contributed by atoms with van der Waals surface area (Å²) < 4.78 is 1.88. The van der Waals surface area contributed by atoms with Gasteiger partial charge in [-0.3, -0.25) is 9.50 Å². The second kappa shape index (κ2) is 4.65. The maximum Gasteiger partial charge on any atom is 0.180 e. The molecule has 0 aromatic carbocycles. The lowest BCUT2D eigenvalue weighted by molar-refractivity contribution is 1.09. The zero-order valence-corrected chi connectivity index (χ0v) is 9.75. The van der Waals surface area contributed by atoms with Crippen LogP contribution >= 0.6 is 0 Å². The van der Waals surface area contributed by atoms with E-state index in [1.807, 2.05) is 24.4 Å². The third-order valence-corrected chi connectivity index (χ3v) is 2.25. The summed E-state index contributed by atoms with van der Waals surface area (Å²) in [4.78, 5) is 8.18. The molecule has 3 aromatic heterocycles. The van der Waals surface area contributed by atoms with Gasteiger partial charge in [0.05, 0.1) is 18.1 Å². The van der Waals surface area contributed by atoms with Crippen molar-refractivity contribution in [2.24, 2.45) is 0 Å². The third kappa shape index (κ3) is 1.84. The van der Waals surface area contributed by atoms with Gasteiger partial charge in [0.15, 0.2) is 11.5 Å². The molecule has 0 bridgehead atoms. The Kier molecular flexibility index (Phi) is 3.04. The van der Waals surface area contributed by atoms with Crippen LogP contribution in [0.15, 0.2) is 31.0 Å². The molecule has 0 amide bonds. The van der Waals surface area contributed by atoms with Gasteiger partial charge in [0.1, 0.15) is 0 Å². The molecule has 0 aliphatic rings. The van der Waals surface area contributed by atoms with Crippen molar-refractivity contribution in [2.75, 3.05) is 5.73 Å². The summed E-state index contributed by atoms with van der Waals surface area (Å²) in [5.41, 5.74) is 8.27. The van der Waals surface area contributed by atoms with Gasteiger partial charge in [-0.1, -0.05) is 13.8 Å². The van der Waals surface area contributed by atoms with Gasteiger partial charge in [-0.25, -0.2) is 9.97 Å². The first kappa shape index (κ1) is 11.1. The average molecular weight is 230 g/mol. The molecule has 0 saturated heterocycles. The molecule has 0 saturated carbocycles. The van der Waals surface area contributed by atoms with Crippen LogP contribution in [0.2, 0.25) is 0 Å². The Balaban J connectivity index is 0.000000514. The van der Waals surface area contributed by atoms with E-state index in [1.165, 1.54) is 0 Å². The van der Waals surface area contributed by atoms with Crippen molar-refractivity contribution in [3.63, 3.8) is 0 Å². The highest BCUT2D eigenvalue weighted by Gasteiger charge is 2.08. The number of hydrogen-bond acceptors (Lipinski definition) is 4. The van der Waals surface area contributed by atoms with Crippen molar-refractivity contribution in [3.8, 4) is 11.3 Å². The lowest BCUT2D eigenvalue weighted by Crippen LogP contribution is -1.96. The predicted molar refractivity (Wildman–Crippen MR) is 66.3 cm³/mol. The van der Waals surface area contributed by atoms with E-state index in [-0.39, 0.29) is 0 Å². The van der Waals surface area contributed by atoms with Gasteiger partial charge in [0.25, 0.3) is 0 Å². The van der Waals surface area contributed by atoms with Crippen LogP contribution in [0.25, 0.3) is 16.9 Å². The minimum Gasteiger partial charge on any atom is -0.381 e. The minimum atomic E-state index is 0.423. The maximum absolute atomic E-state index is 5.71. The van der Waals surface area contributed by atoms with Gasteiger partial charge in [0, 0.05) is 24.2 Å². The molecule has 0 aliphatic heterocycles. The molecule has 88 valence electrons. The Morgan fingerprint density at radius 1 is 1.24 bits per heavy atom. The molecule has 6 nitrogen and oxygen atoms in total. The van der Waals surface area contributed by atoms with E-state index in [1.54, 1.807) is 24.8 Å². The van der Waals surface area contributed by atoms with E-state index in [4.69, 9.17) is 5.73 Å². The number of hydrogen-bond donors (Lipinski definition) is 2. The Morgan fingerprint density at radius 3 is 2.76 bits per heavy atom. The van der Waals surface area contributed by atoms with Crippen LogP contribution in [0, 0.1) is 0 Å². The molecular weight excluding hydrogens is 216 g/mol. The first-order valence-corrected chi connectivity index (χ1v) is 5.43. The summed E-state index contributed by atoms with van der Waals surface area (Å²) in [6.07, 6.45) is 8.76. The summed E-state index contributed by atoms with van der Waals surface area (Å²) in [6, 6.07) is 0. The molecule has 3 heterocycles. The molecule has 17 heavy (non-hydrogen) atoms. The van der Waals surface area contributed by atoms with Crippen LogP contribution in [0.1, 0.15) is 13.8 Å². The van der Waals surface area contributed by atoms with Crippen LogP contribution in [0.3, 0.4) is 0 Å². The van der Waals surface area contributed by atoms with Gasteiger partial charge in [-0.2, -0.15) is 5.10 Å². The molecule has 0 radical (unpaired) electrons. The molecule has 0 aliphatic carbocycles. The summed E-state index contributed by atoms with van der Waals surface area (Å²) in [5.74, 6) is 0.423. The molecule has 0 atom stereocenters. The highest BCUT2D eigenvalue weighted by Crippen LogP contribution is 2.20. The highest BCUT2D eigenvalue weighted by molar-refractivity contribution is 5.68. The number of nitrogens with one attached hydrogen (secondary N) is 1. The lowest BCUT2D eigenvalue weighted by Gasteiger charge is -1.98. The van der Waals surface area contributed by atoms with Crippen LogP contribution in [-0.4, -0.2) is 24.6 Å². The largest absolute Gasteiger partial charge is 0.381 e. The molecule has 6 heteroatoms. The predicted octanol–water partition coefficient (Wildman–Crippen LogP) is 1.73. The molecule has 0 spiro atoms. The number of imidazole rings is 1. The molecule has 0 unspecified atom stereocenters. The van der Waals surface area contributed by atoms with Crippen molar-refractivity contribution in [3.05, 3.63) is 31.0 Å². The summed E-state index contributed by atoms with van der Waals surface area (Å²) in [7, 11) is 0. The Hall–Kier alpha value is -2.37. The Labute approximate surface area is 98.5 Å². The molecular formula is C11H14N6. The van der Waals surface area contributed by atoms with Crippen molar-refractivity contribution in [1.82, 2.24) is 24.6 Å². The Bertz CT molecular complexity index is 595. The fraction of sp³-hybridized carbons (Fsp3) is 0.182. The van der Waals surface area contributed by atoms with Crippen LogP contribution < -0.4 is 5.73 Å². The van der Waals surface area contributed by atoms with Crippen molar-refractivity contribution in [1.29, 1.82) is 0 Å². The zero-order valence-electron chi connectivity index (χ0n) is 9.75. The van der Waals surface area contributed by atoms with Gasteiger partial charge in [0.2, 0.25) is 0 Å². The van der Waals surface area contributed by atoms with Gasteiger partial charge in [-0.05, 0) is 0 Å². The van der Waals surface area contributed by atoms with Crippen molar-refractivity contribution >= 4 is 11.5 Å². The summed E-state index contributed by atoms with van der Waals surface area (Å²) in [5, 5.41) is 6.65. The number of nitrogen functional groups attached to an aromatic ring is 1. The van der Waals surface area contributed by atoms with Crippen LogP contribution in [-0.2, 0) is 0 Å². The number of fused-ring (bicyclic) bond motifs is 1. The number of H-pyrrole nitrogens is 1. The smallest absolute Gasteiger partial charge is 0.180 e. The van der Waals surface area contributed by atoms with Gasteiger partial charge >= 0.3 is 0 Å². The number of nitrogens with zero attached hydrogens (tertiary/aromatic N) is 4. The Morgan fingerprint density at radius 2 is 2.06 bits per heavy atom. The normalized spacial score (nSPS) is 10.0. The summed E-state index contributed by atoms with van der Waals surface area (Å²) in [6.45, 7) is 4.00. The second-order valence-corrected chi connectivity index (χ2v) is 3.14. The first-order valence-electron chi connectivity index (χ1n) is 5.43. The average Bonchev–Trinajstić information content (AvgIpc) is 3.00. The molecule has 0 fully saturated rings. The highest BCUT2D eigenvalue weighted by atomic mass is 15.1. The van der Waals surface area contributed by atoms with Crippen molar-refractivity contribution in [2.45, 2.75) is 13.8 Å². The number of anilines is 1. The number of nitrogens with two attached hydrogens (primary N) is 1. The number of aromatic amines is 1. The molecule has 3 rings (SSSR count). The van der Waals surface area contributed by atoms with E-state index in [2.05, 4.69) is 20.2 Å². The van der Waals surface area contributed by atoms with E-state index < -0.39 is 0 Å². The number of aromatic nitrogens is 5. The third-order valence-electron chi connectivity index (χ3n) is 2.25. The minimum absolute atomic E-state index is 0.423. The molecule has 3 N–H and O–H groups in total. The number of rotatable bonds is 1.